The molecular formula is C21H18N2O4. The average molecular weight is 362 g/mol. The van der Waals surface area contributed by atoms with Crippen LogP contribution < -0.4 is 14.8 Å². The van der Waals surface area contributed by atoms with Gasteiger partial charge in [-0.25, -0.2) is 0 Å². The zero-order chi connectivity index (χ0) is 18.4. The highest BCUT2D eigenvalue weighted by Gasteiger charge is 2.36. The van der Waals surface area contributed by atoms with E-state index in [0.29, 0.717) is 35.8 Å². The number of hydrogen-bond acceptors (Lipinski definition) is 5. The van der Waals surface area contributed by atoms with Crippen molar-refractivity contribution >= 4 is 11.7 Å². The Morgan fingerprint density at radius 1 is 1.15 bits per heavy atom. The fourth-order valence-corrected chi connectivity index (χ4v) is 3.93. The molecule has 1 N–H and O–H groups in total. The van der Waals surface area contributed by atoms with Crippen molar-refractivity contribution in [3.8, 4) is 11.5 Å². The topological polar surface area (TPSA) is 67.9 Å². The van der Waals surface area contributed by atoms with Gasteiger partial charge in [-0.15, -0.1) is 0 Å². The summed E-state index contributed by atoms with van der Waals surface area (Å²) >= 11 is 0. The molecule has 136 valence electrons. The molecule has 0 saturated carbocycles. The number of carbonyl (C=O) groups excluding carboxylic acids is 2. The van der Waals surface area contributed by atoms with Crippen molar-refractivity contribution in [1.82, 2.24) is 10.2 Å². The molecule has 0 aliphatic carbocycles. The summed E-state index contributed by atoms with van der Waals surface area (Å²) in [7, 11) is 0. The summed E-state index contributed by atoms with van der Waals surface area (Å²) < 4.78 is 10.6. The minimum absolute atomic E-state index is 0.0141. The first-order chi connectivity index (χ1) is 13.2. The molecule has 0 aromatic heterocycles. The molecular weight excluding hydrogens is 344 g/mol. The Kier molecular flexibility index (Phi) is 3.63. The summed E-state index contributed by atoms with van der Waals surface area (Å²) in [6.07, 6.45) is 2.22. The van der Waals surface area contributed by atoms with Crippen LogP contribution in [0.4, 0.5) is 0 Å². The number of nitrogens with zero attached hydrogens (tertiary/aromatic N) is 1. The number of benzene rings is 2. The molecule has 1 unspecified atom stereocenters. The van der Waals surface area contributed by atoms with E-state index in [1.54, 1.807) is 18.2 Å². The number of fused-ring (bicyclic) bond motifs is 4. The number of hydrogen-bond donors (Lipinski definition) is 1. The molecule has 2 aromatic carbocycles. The minimum atomic E-state index is -0.236. The Morgan fingerprint density at radius 3 is 2.93 bits per heavy atom. The third-order valence-corrected chi connectivity index (χ3v) is 5.32. The molecule has 1 saturated heterocycles. The Hall–Kier alpha value is -3.28. The van der Waals surface area contributed by atoms with Gasteiger partial charge >= 0.3 is 0 Å². The number of ketones is 1. The Bertz CT molecular complexity index is 982. The van der Waals surface area contributed by atoms with Gasteiger partial charge in [0.1, 0.15) is 5.70 Å². The molecule has 5 rings (SSSR count). The van der Waals surface area contributed by atoms with Crippen LogP contribution in [-0.4, -0.2) is 36.5 Å². The van der Waals surface area contributed by atoms with Crippen molar-refractivity contribution in [2.75, 3.05) is 19.9 Å². The van der Waals surface area contributed by atoms with E-state index in [0.717, 1.165) is 6.42 Å². The van der Waals surface area contributed by atoms with Gasteiger partial charge in [0.2, 0.25) is 6.79 Å². The van der Waals surface area contributed by atoms with Crippen LogP contribution in [0.15, 0.2) is 54.2 Å². The maximum absolute atomic E-state index is 12.9. The zero-order valence-corrected chi connectivity index (χ0v) is 14.6. The highest BCUT2D eigenvalue weighted by Crippen LogP contribution is 2.34. The summed E-state index contributed by atoms with van der Waals surface area (Å²) in [5.74, 6) is 0.811. The van der Waals surface area contributed by atoms with E-state index in [1.807, 2.05) is 17.0 Å². The Morgan fingerprint density at radius 2 is 2.00 bits per heavy atom. The highest BCUT2D eigenvalue weighted by molar-refractivity contribution is 6.10. The van der Waals surface area contributed by atoms with Gasteiger partial charge in [-0.2, -0.15) is 0 Å². The SMILES string of the molecule is O=C(C=C1NCC2c3ccccc3CCN2C1=O)c1ccc2c(c1)OCO2. The second-order valence-corrected chi connectivity index (χ2v) is 6.83. The number of allylic oxidation sites excluding steroid dienone is 1. The van der Waals surface area contributed by atoms with Gasteiger partial charge in [0.15, 0.2) is 17.3 Å². The molecule has 1 fully saturated rings. The van der Waals surface area contributed by atoms with Crippen LogP contribution in [-0.2, 0) is 11.2 Å². The van der Waals surface area contributed by atoms with Crippen LogP contribution in [0, 0.1) is 0 Å². The summed E-state index contributed by atoms with van der Waals surface area (Å²) in [6, 6.07) is 13.3. The maximum Gasteiger partial charge on any atom is 0.270 e. The van der Waals surface area contributed by atoms with E-state index in [1.165, 1.54) is 17.2 Å². The lowest BCUT2D eigenvalue weighted by molar-refractivity contribution is -0.132. The predicted octanol–water partition coefficient (Wildman–Crippen LogP) is 2.21. The maximum atomic E-state index is 12.9. The van der Waals surface area contributed by atoms with E-state index in [9.17, 15) is 9.59 Å². The standard InChI is InChI=1S/C21H18N2O4/c24-18(14-5-6-19-20(9-14)27-12-26-19)10-16-21(25)23-8-7-13-3-1-2-4-15(13)17(23)11-22-16/h1-6,9-10,17,22H,7-8,11-12H2. The van der Waals surface area contributed by atoms with Gasteiger partial charge in [-0.3, -0.25) is 9.59 Å². The van der Waals surface area contributed by atoms with E-state index >= 15 is 0 Å². The molecule has 27 heavy (non-hydrogen) atoms. The van der Waals surface area contributed by atoms with Gasteiger partial charge < -0.3 is 19.7 Å². The average Bonchev–Trinajstić information content (AvgIpc) is 3.17. The molecule has 6 heteroatoms. The first-order valence-corrected chi connectivity index (χ1v) is 8.99. The summed E-state index contributed by atoms with van der Waals surface area (Å²) in [4.78, 5) is 27.4. The van der Waals surface area contributed by atoms with Crippen LogP contribution in [0.5, 0.6) is 11.5 Å². The molecule has 0 bridgehead atoms. The minimum Gasteiger partial charge on any atom is -0.454 e. The lowest BCUT2D eigenvalue weighted by atomic mass is 9.90. The molecule has 6 nitrogen and oxygen atoms in total. The van der Waals surface area contributed by atoms with Gasteiger partial charge in [-0.1, -0.05) is 24.3 Å². The third kappa shape index (κ3) is 2.65. The fraction of sp³-hybridized carbons (Fsp3) is 0.238. The molecule has 1 amide bonds. The molecule has 3 aliphatic rings. The van der Waals surface area contributed by atoms with Crippen molar-refractivity contribution in [2.24, 2.45) is 0 Å². The van der Waals surface area contributed by atoms with Crippen molar-refractivity contribution in [2.45, 2.75) is 12.5 Å². The predicted molar refractivity (Wildman–Crippen MR) is 97.6 cm³/mol. The zero-order valence-electron chi connectivity index (χ0n) is 14.6. The number of piperazine rings is 1. The largest absolute Gasteiger partial charge is 0.454 e. The fourth-order valence-electron chi connectivity index (χ4n) is 3.93. The van der Waals surface area contributed by atoms with Gasteiger partial charge in [0, 0.05) is 24.7 Å². The third-order valence-electron chi connectivity index (χ3n) is 5.32. The molecule has 3 heterocycles. The van der Waals surface area contributed by atoms with E-state index in [2.05, 4.69) is 17.4 Å². The molecule has 0 spiro atoms. The molecule has 3 aliphatic heterocycles. The second kappa shape index (κ2) is 6.16. The summed E-state index contributed by atoms with van der Waals surface area (Å²) in [5.41, 5.74) is 3.28. The van der Waals surface area contributed by atoms with Gasteiger partial charge in [0.25, 0.3) is 5.91 Å². The number of amides is 1. The first-order valence-electron chi connectivity index (χ1n) is 8.99. The van der Waals surface area contributed by atoms with Crippen LogP contribution in [0.3, 0.4) is 0 Å². The summed E-state index contributed by atoms with van der Waals surface area (Å²) in [6.45, 7) is 1.42. The normalized spacial score (nSPS) is 21.5. The molecule has 1 atom stereocenters. The quantitative estimate of drug-likeness (QED) is 0.655. The monoisotopic (exact) mass is 362 g/mol. The Labute approximate surface area is 156 Å². The van der Waals surface area contributed by atoms with Crippen LogP contribution in [0.2, 0.25) is 0 Å². The van der Waals surface area contributed by atoms with Gasteiger partial charge in [0.05, 0.1) is 6.04 Å². The molecule has 0 radical (unpaired) electrons. The first kappa shape index (κ1) is 15.9. The molecule has 2 aromatic rings. The number of carbonyl (C=O) groups is 2. The number of rotatable bonds is 2. The number of ether oxygens (including phenoxy) is 2. The van der Waals surface area contributed by atoms with Crippen LogP contribution >= 0.6 is 0 Å². The summed E-state index contributed by atoms with van der Waals surface area (Å²) in [5, 5.41) is 3.16. The lowest BCUT2D eigenvalue weighted by Crippen LogP contribution is -2.51. The van der Waals surface area contributed by atoms with Crippen molar-refractivity contribution in [1.29, 1.82) is 0 Å². The van der Waals surface area contributed by atoms with Gasteiger partial charge in [-0.05, 0) is 35.7 Å². The van der Waals surface area contributed by atoms with Crippen molar-refractivity contribution < 1.29 is 19.1 Å². The van der Waals surface area contributed by atoms with E-state index < -0.39 is 0 Å². The van der Waals surface area contributed by atoms with E-state index in [-0.39, 0.29) is 24.5 Å². The smallest absolute Gasteiger partial charge is 0.270 e. The van der Waals surface area contributed by atoms with Crippen molar-refractivity contribution in [3.05, 3.63) is 70.9 Å². The van der Waals surface area contributed by atoms with Crippen LogP contribution in [0.1, 0.15) is 27.5 Å². The Balaban J connectivity index is 1.39. The van der Waals surface area contributed by atoms with E-state index in [4.69, 9.17) is 9.47 Å². The lowest BCUT2D eigenvalue weighted by Gasteiger charge is -2.41. The highest BCUT2D eigenvalue weighted by atomic mass is 16.7. The van der Waals surface area contributed by atoms with Crippen LogP contribution in [0.25, 0.3) is 0 Å². The second-order valence-electron chi connectivity index (χ2n) is 6.83. The number of nitrogens with one attached hydrogen (secondary N) is 1. The van der Waals surface area contributed by atoms with Crippen molar-refractivity contribution in [3.63, 3.8) is 0 Å².